The Labute approximate surface area is 183 Å². The first kappa shape index (κ1) is 19.8. The Bertz CT molecular complexity index is 1100. The van der Waals surface area contributed by atoms with Gasteiger partial charge in [-0.1, -0.05) is 23.5 Å². The van der Waals surface area contributed by atoms with Gasteiger partial charge >= 0.3 is 0 Å². The monoisotopic (exact) mass is 435 g/mol. The molecular formula is C23H21N3O4S. The van der Waals surface area contributed by atoms with Crippen molar-refractivity contribution in [1.82, 2.24) is 4.98 Å². The number of anilines is 2. The van der Waals surface area contributed by atoms with E-state index < -0.39 is 0 Å². The molecule has 8 heteroatoms. The Morgan fingerprint density at radius 1 is 1.10 bits per heavy atom. The fraction of sp³-hybridized carbons (Fsp3) is 0.304. The topological polar surface area (TPSA) is 79.8 Å². The van der Waals surface area contributed by atoms with E-state index in [1.165, 1.54) is 16.2 Å². The van der Waals surface area contributed by atoms with Gasteiger partial charge in [-0.2, -0.15) is 0 Å². The molecule has 0 spiro atoms. The van der Waals surface area contributed by atoms with Gasteiger partial charge in [0.15, 0.2) is 5.13 Å². The zero-order valence-corrected chi connectivity index (χ0v) is 17.6. The van der Waals surface area contributed by atoms with Crippen LogP contribution in [-0.4, -0.2) is 42.0 Å². The van der Waals surface area contributed by atoms with E-state index in [9.17, 15) is 14.4 Å². The lowest BCUT2D eigenvalue weighted by atomic mass is 10.1. The number of ether oxygens (including phenoxy) is 1. The first-order chi connectivity index (χ1) is 15.1. The molecule has 0 saturated carbocycles. The van der Waals surface area contributed by atoms with Crippen LogP contribution in [0.1, 0.15) is 36.0 Å². The molecule has 2 aliphatic rings. The number of nitrogens with zero attached hydrogens (tertiary/aromatic N) is 3. The number of benzene rings is 2. The number of para-hydroxylation sites is 1. The van der Waals surface area contributed by atoms with Crippen molar-refractivity contribution in [3.63, 3.8) is 0 Å². The van der Waals surface area contributed by atoms with Gasteiger partial charge in [0.1, 0.15) is 0 Å². The summed E-state index contributed by atoms with van der Waals surface area (Å²) in [5, 5.41) is 0.635. The molecule has 158 valence electrons. The van der Waals surface area contributed by atoms with Crippen molar-refractivity contribution in [2.45, 2.75) is 31.8 Å². The lowest BCUT2D eigenvalue weighted by Gasteiger charge is -2.23. The van der Waals surface area contributed by atoms with Gasteiger partial charge in [-0.05, 0) is 49.2 Å². The van der Waals surface area contributed by atoms with Gasteiger partial charge in [0.05, 0.1) is 28.6 Å². The first-order valence-electron chi connectivity index (χ1n) is 10.3. The Balaban J connectivity index is 1.44. The third-order valence-corrected chi connectivity index (χ3v) is 6.65. The highest BCUT2D eigenvalue weighted by Crippen LogP contribution is 2.31. The quantitative estimate of drug-likeness (QED) is 0.570. The summed E-state index contributed by atoms with van der Waals surface area (Å²) in [6.45, 7) is 1.14. The predicted molar refractivity (Wildman–Crippen MR) is 118 cm³/mol. The lowest BCUT2D eigenvalue weighted by molar-refractivity contribution is -0.121. The van der Waals surface area contributed by atoms with E-state index in [1.807, 2.05) is 24.3 Å². The van der Waals surface area contributed by atoms with Crippen molar-refractivity contribution >= 4 is 50.1 Å². The molecule has 0 N–H and O–H groups in total. The Morgan fingerprint density at radius 3 is 2.52 bits per heavy atom. The fourth-order valence-corrected chi connectivity index (χ4v) is 4.96. The van der Waals surface area contributed by atoms with E-state index >= 15 is 0 Å². The Morgan fingerprint density at radius 2 is 1.84 bits per heavy atom. The molecule has 0 radical (unpaired) electrons. The van der Waals surface area contributed by atoms with E-state index in [2.05, 4.69) is 4.98 Å². The van der Waals surface area contributed by atoms with Crippen molar-refractivity contribution in [3.8, 4) is 0 Å². The van der Waals surface area contributed by atoms with Gasteiger partial charge < -0.3 is 4.74 Å². The molecule has 2 aliphatic heterocycles. The summed E-state index contributed by atoms with van der Waals surface area (Å²) in [5.41, 5.74) is 1.82. The van der Waals surface area contributed by atoms with Gasteiger partial charge in [0, 0.05) is 25.0 Å². The Hall–Kier alpha value is -3.10. The van der Waals surface area contributed by atoms with Crippen molar-refractivity contribution < 1.29 is 19.1 Å². The molecule has 1 atom stereocenters. The zero-order chi connectivity index (χ0) is 21.4. The van der Waals surface area contributed by atoms with Crippen LogP contribution in [0.15, 0.2) is 48.5 Å². The van der Waals surface area contributed by atoms with Crippen molar-refractivity contribution in [2.24, 2.45) is 0 Å². The van der Waals surface area contributed by atoms with E-state index in [-0.39, 0.29) is 36.7 Å². The minimum absolute atomic E-state index is 0.0184. The molecule has 3 amide bonds. The standard InChI is InChI=1S/C23H21N3O4S/c27-20-11-12-21(28)26(20)16-9-7-15(8-10-16)22(29)25(14-17-4-3-13-30-17)23-24-18-5-1-2-6-19(18)31-23/h1-2,5-10,17H,3-4,11-14H2. The number of hydrogen-bond donors (Lipinski definition) is 0. The molecule has 1 unspecified atom stereocenters. The second-order valence-corrected chi connectivity index (χ2v) is 8.69. The highest BCUT2D eigenvalue weighted by Gasteiger charge is 2.31. The van der Waals surface area contributed by atoms with E-state index in [4.69, 9.17) is 4.74 Å². The molecule has 3 aromatic rings. The summed E-state index contributed by atoms with van der Waals surface area (Å²) in [6.07, 6.45) is 2.33. The molecule has 5 rings (SSSR count). The van der Waals surface area contributed by atoms with Crippen molar-refractivity contribution in [3.05, 3.63) is 54.1 Å². The van der Waals surface area contributed by atoms with Crippen molar-refractivity contribution in [1.29, 1.82) is 0 Å². The highest BCUT2D eigenvalue weighted by atomic mass is 32.1. The lowest BCUT2D eigenvalue weighted by Crippen LogP contribution is -2.37. The van der Waals surface area contributed by atoms with Gasteiger partial charge in [-0.3, -0.25) is 24.2 Å². The van der Waals surface area contributed by atoms with Crippen LogP contribution in [-0.2, 0) is 14.3 Å². The fourth-order valence-electron chi connectivity index (χ4n) is 3.99. The first-order valence-corrected chi connectivity index (χ1v) is 11.2. The number of carbonyl (C=O) groups is 3. The third-order valence-electron chi connectivity index (χ3n) is 5.59. The summed E-state index contributed by atoms with van der Waals surface area (Å²) in [4.78, 5) is 45.0. The van der Waals surface area contributed by atoms with Crippen molar-refractivity contribution in [2.75, 3.05) is 23.0 Å². The number of carbonyl (C=O) groups excluding carboxylic acids is 3. The van der Waals surface area contributed by atoms with E-state index in [1.54, 1.807) is 29.2 Å². The van der Waals surface area contributed by atoms with Crippen LogP contribution in [0.25, 0.3) is 10.2 Å². The van der Waals surface area contributed by atoms with Crippen LogP contribution in [0.3, 0.4) is 0 Å². The largest absolute Gasteiger partial charge is 0.376 e. The maximum Gasteiger partial charge on any atom is 0.260 e. The molecule has 31 heavy (non-hydrogen) atoms. The number of imide groups is 1. The van der Waals surface area contributed by atoms with Crippen LogP contribution >= 0.6 is 11.3 Å². The highest BCUT2D eigenvalue weighted by molar-refractivity contribution is 7.22. The Kier molecular flexibility index (Phi) is 5.25. The van der Waals surface area contributed by atoms with Gasteiger partial charge in [0.2, 0.25) is 11.8 Å². The molecule has 3 heterocycles. The summed E-state index contributed by atoms with van der Waals surface area (Å²) >= 11 is 1.48. The molecule has 0 bridgehead atoms. The van der Waals surface area contributed by atoms with Gasteiger partial charge in [-0.25, -0.2) is 4.98 Å². The van der Waals surface area contributed by atoms with E-state index in [0.29, 0.717) is 29.5 Å². The maximum atomic E-state index is 13.5. The summed E-state index contributed by atoms with van der Waals surface area (Å²) < 4.78 is 6.79. The number of aromatic nitrogens is 1. The number of thiazole rings is 1. The number of fused-ring (bicyclic) bond motifs is 1. The molecule has 1 aromatic heterocycles. The normalized spacial score (nSPS) is 18.8. The summed E-state index contributed by atoms with van der Waals surface area (Å²) in [7, 11) is 0. The SMILES string of the molecule is O=C(c1ccc(N2C(=O)CCC2=O)cc1)N(CC1CCCO1)c1nc2ccccc2s1. The predicted octanol–water partition coefficient (Wildman–Crippen LogP) is 3.78. The number of rotatable bonds is 5. The maximum absolute atomic E-state index is 13.5. The van der Waals surface area contributed by atoms with Crippen LogP contribution in [0, 0.1) is 0 Å². The molecule has 2 aromatic carbocycles. The van der Waals surface area contributed by atoms with Gasteiger partial charge in [-0.15, -0.1) is 0 Å². The molecule has 2 saturated heterocycles. The second-order valence-electron chi connectivity index (χ2n) is 7.68. The zero-order valence-electron chi connectivity index (χ0n) is 16.8. The summed E-state index contributed by atoms with van der Waals surface area (Å²) in [5.74, 6) is -0.600. The van der Waals surface area contributed by atoms with Crippen LogP contribution in [0.5, 0.6) is 0 Å². The van der Waals surface area contributed by atoms with E-state index in [0.717, 1.165) is 23.1 Å². The van der Waals surface area contributed by atoms with Gasteiger partial charge in [0.25, 0.3) is 5.91 Å². The average molecular weight is 436 g/mol. The molecule has 2 fully saturated rings. The van der Waals surface area contributed by atoms with Crippen LogP contribution in [0.4, 0.5) is 10.8 Å². The number of hydrogen-bond acceptors (Lipinski definition) is 6. The average Bonchev–Trinajstić information content (AvgIpc) is 3.52. The minimum atomic E-state index is -0.210. The molecular weight excluding hydrogens is 414 g/mol. The molecule has 7 nitrogen and oxygen atoms in total. The number of amides is 3. The summed E-state index contributed by atoms with van der Waals surface area (Å²) in [6, 6.07) is 14.4. The smallest absolute Gasteiger partial charge is 0.260 e. The van der Waals surface area contributed by atoms with Crippen LogP contribution < -0.4 is 9.80 Å². The van der Waals surface area contributed by atoms with Crippen LogP contribution in [0.2, 0.25) is 0 Å². The molecule has 0 aliphatic carbocycles. The second kappa shape index (κ2) is 8.20. The third kappa shape index (κ3) is 3.84. The minimum Gasteiger partial charge on any atom is -0.376 e.